The largest absolute Gasteiger partial charge is 0.508 e. The lowest BCUT2D eigenvalue weighted by molar-refractivity contribution is 0.476. The van der Waals surface area contributed by atoms with E-state index in [4.69, 9.17) is 0 Å². The van der Waals surface area contributed by atoms with E-state index in [1.807, 2.05) is 24.3 Å². The molecule has 0 spiro atoms. The Morgan fingerprint density at radius 1 is 0.652 bits per heavy atom. The molecule has 0 unspecified atom stereocenters. The van der Waals surface area contributed by atoms with Gasteiger partial charge in [-0.25, -0.2) is 0 Å². The first-order valence-corrected chi connectivity index (χ1v) is 7.94. The van der Waals surface area contributed by atoms with Crippen molar-refractivity contribution < 1.29 is 5.11 Å². The van der Waals surface area contributed by atoms with Gasteiger partial charge in [0.1, 0.15) is 5.75 Å². The van der Waals surface area contributed by atoms with Crippen LogP contribution in [-0.2, 0) is 0 Å². The van der Waals surface area contributed by atoms with Crippen LogP contribution in [0, 0.1) is 27.7 Å². The number of rotatable bonds is 2. The Kier molecular flexibility index (Phi) is 3.96. The highest BCUT2D eigenvalue weighted by Crippen LogP contribution is 2.35. The SMILES string of the molecule is Cc1cc(C)c(-c2cc(O)cc(-c3ccccc3C)c2)c(C)c1. The first-order chi connectivity index (χ1) is 11.0. The number of phenols is 1. The standard InChI is InChI=1S/C22H22O/c1-14-9-16(3)22(17(4)10-14)19-11-18(12-20(23)13-19)21-8-6-5-7-15(21)2/h5-13,23H,1-4H3. The molecule has 0 saturated carbocycles. The minimum Gasteiger partial charge on any atom is -0.508 e. The van der Waals surface area contributed by atoms with Crippen molar-refractivity contribution in [2.75, 3.05) is 0 Å². The maximum Gasteiger partial charge on any atom is 0.116 e. The van der Waals surface area contributed by atoms with Crippen molar-refractivity contribution in [3.63, 3.8) is 0 Å². The van der Waals surface area contributed by atoms with Crippen LogP contribution in [-0.4, -0.2) is 5.11 Å². The molecule has 0 aliphatic carbocycles. The molecule has 0 saturated heterocycles. The summed E-state index contributed by atoms with van der Waals surface area (Å²) in [5, 5.41) is 10.2. The van der Waals surface area contributed by atoms with Crippen molar-refractivity contribution in [2.24, 2.45) is 0 Å². The number of aryl methyl sites for hydroxylation is 4. The van der Waals surface area contributed by atoms with Gasteiger partial charge in [-0.2, -0.15) is 0 Å². The molecule has 116 valence electrons. The van der Waals surface area contributed by atoms with Crippen molar-refractivity contribution in [1.82, 2.24) is 0 Å². The number of hydrogen-bond acceptors (Lipinski definition) is 1. The van der Waals surface area contributed by atoms with Gasteiger partial charge in [-0.1, -0.05) is 42.0 Å². The summed E-state index contributed by atoms with van der Waals surface area (Å²) >= 11 is 0. The van der Waals surface area contributed by atoms with E-state index in [9.17, 15) is 5.11 Å². The van der Waals surface area contributed by atoms with Crippen molar-refractivity contribution in [3.8, 4) is 28.0 Å². The van der Waals surface area contributed by atoms with Crippen LogP contribution in [0.25, 0.3) is 22.3 Å². The number of aromatic hydroxyl groups is 1. The van der Waals surface area contributed by atoms with E-state index >= 15 is 0 Å². The molecule has 0 heterocycles. The predicted molar refractivity (Wildman–Crippen MR) is 97.9 cm³/mol. The maximum atomic E-state index is 10.2. The molecule has 0 amide bonds. The molecule has 1 N–H and O–H groups in total. The van der Waals surface area contributed by atoms with Crippen molar-refractivity contribution >= 4 is 0 Å². The van der Waals surface area contributed by atoms with Crippen LogP contribution in [0.15, 0.2) is 54.6 Å². The minimum atomic E-state index is 0.306. The van der Waals surface area contributed by atoms with E-state index in [2.05, 4.69) is 58.0 Å². The highest BCUT2D eigenvalue weighted by molar-refractivity contribution is 5.79. The van der Waals surface area contributed by atoms with Crippen LogP contribution in [0.3, 0.4) is 0 Å². The van der Waals surface area contributed by atoms with Gasteiger partial charge in [0.15, 0.2) is 0 Å². The van der Waals surface area contributed by atoms with Gasteiger partial charge in [0, 0.05) is 0 Å². The van der Waals surface area contributed by atoms with E-state index < -0.39 is 0 Å². The topological polar surface area (TPSA) is 20.2 Å². The van der Waals surface area contributed by atoms with Crippen molar-refractivity contribution in [1.29, 1.82) is 0 Å². The molecule has 0 aliphatic rings. The summed E-state index contributed by atoms with van der Waals surface area (Å²) in [5.74, 6) is 0.306. The van der Waals surface area contributed by atoms with Gasteiger partial charge in [-0.3, -0.25) is 0 Å². The van der Waals surface area contributed by atoms with Crippen LogP contribution in [0.1, 0.15) is 22.3 Å². The molecule has 1 heteroatoms. The summed E-state index contributed by atoms with van der Waals surface area (Å²) in [4.78, 5) is 0. The normalized spacial score (nSPS) is 10.8. The molecule has 0 aromatic heterocycles. The minimum absolute atomic E-state index is 0.306. The quantitative estimate of drug-likeness (QED) is 0.619. The maximum absolute atomic E-state index is 10.2. The third-order valence-corrected chi connectivity index (χ3v) is 4.34. The molecule has 0 radical (unpaired) electrons. The summed E-state index contributed by atoms with van der Waals surface area (Å²) < 4.78 is 0. The highest BCUT2D eigenvalue weighted by atomic mass is 16.3. The Hall–Kier alpha value is -2.54. The zero-order valence-electron chi connectivity index (χ0n) is 14.1. The van der Waals surface area contributed by atoms with Gasteiger partial charge >= 0.3 is 0 Å². The lowest BCUT2D eigenvalue weighted by atomic mass is 9.91. The fourth-order valence-corrected chi connectivity index (χ4v) is 3.44. The summed E-state index contributed by atoms with van der Waals surface area (Å²) in [6, 6.07) is 18.5. The second kappa shape index (κ2) is 5.92. The first-order valence-electron chi connectivity index (χ1n) is 7.94. The smallest absolute Gasteiger partial charge is 0.116 e. The molecular formula is C22H22O. The van der Waals surface area contributed by atoms with Gasteiger partial charge in [0.05, 0.1) is 0 Å². The van der Waals surface area contributed by atoms with Crippen LogP contribution >= 0.6 is 0 Å². The summed E-state index contributed by atoms with van der Waals surface area (Å²) in [6.07, 6.45) is 0. The monoisotopic (exact) mass is 302 g/mol. The predicted octanol–water partition coefficient (Wildman–Crippen LogP) is 5.96. The Labute approximate surface area is 138 Å². The molecule has 3 rings (SSSR count). The van der Waals surface area contributed by atoms with Gasteiger partial charge < -0.3 is 5.11 Å². The van der Waals surface area contributed by atoms with E-state index in [1.54, 1.807) is 0 Å². The van der Waals surface area contributed by atoms with Crippen LogP contribution in [0.2, 0.25) is 0 Å². The van der Waals surface area contributed by atoms with Gasteiger partial charge in [-0.05, 0) is 84.8 Å². The van der Waals surface area contributed by atoms with E-state index in [0.717, 1.165) is 16.7 Å². The lowest BCUT2D eigenvalue weighted by Gasteiger charge is -2.14. The fraction of sp³-hybridized carbons (Fsp3) is 0.182. The van der Waals surface area contributed by atoms with Crippen LogP contribution in [0.5, 0.6) is 5.75 Å². The number of hydrogen-bond donors (Lipinski definition) is 1. The molecule has 0 fully saturated rings. The Morgan fingerprint density at radius 2 is 1.26 bits per heavy atom. The van der Waals surface area contributed by atoms with Crippen LogP contribution < -0.4 is 0 Å². The number of benzene rings is 3. The second-order valence-electron chi connectivity index (χ2n) is 6.36. The number of phenolic OH excluding ortho intramolecular Hbond substituents is 1. The van der Waals surface area contributed by atoms with Crippen molar-refractivity contribution in [3.05, 3.63) is 76.9 Å². The molecule has 3 aromatic carbocycles. The molecule has 0 atom stereocenters. The van der Waals surface area contributed by atoms with E-state index in [1.165, 1.54) is 27.8 Å². The fourth-order valence-electron chi connectivity index (χ4n) is 3.44. The molecule has 23 heavy (non-hydrogen) atoms. The lowest BCUT2D eigenvalue weighted by Crippen LogP contribution is -1.91. The van der Waals surface area contributed by atoms with Gasteiger partial charge in [0.2, 0.25) is 0 Å². The summed E-state index contributed by atoms with van der Waals surface area (Å²) in [7, 11) is 0. The molecule has 3 aromatic rings. The molecule has 0 bridgehead atoms. The van der Waals surface area contributed by atoms with E-state index in [0.29, 0.717) is 5.75 Å². The molecular weight excluding hydrogens is 280 g/mol. The third-order valence-electron chi connectivity index (χ3n) is 4.34. The van der Waals surface area contributed by atoms with Gasteiger partial charge in [0.25, 0.3) is 0 Å². The first kappa shape index (κ1) is 15.4. The summed E-state index contributed by atoms with van der Waals surface area (Å²) in [5.41, 5.74) is 9.45. The van der Waals surface area contributed by atoms with Crippen LogP contribution in [0.4, 0.5) is 0 Å². The summed E-state index contributed by atoms with van der Waals surface area (Å²) in [6.45, 7) is 8.48. The van der Waals surface area contributed by atoms with Gasteiger partial charge in [-0.15, -0.1) is 0 Å². The Morgan fingerprint density at radius 3 is 1.91 bits per heavy atom. The Balaban J connectivity index is 2.22. The highest BCUT2D eigenvalue weighted by Gasteiger charge is 2.11. The average molecular weight is 302 g/mol. The van der Waals surface area contributed by atoms with E-state index in [-0.39, 0.29) is 0 Å². The zero-order chi connectivity index (χ0) is 16.6. The third kappa shape index (κ3) is 3.00. The van der Waals surface area contributed by atoms with Crippen molar-refractivity contribution in [2.45, 2.75) is 27.7 Å². The average Bonchev–Trinajstić information content (AvgIpc) is 2.46. The molecule has 1 nitrogen and oxygen atoms in total. The second-order valence-corrected chi connectivity index (χ2v) is 6.36. The Bertz CT molecular complexity index is 852. The zero-order valence-corrected chi connectivity index (χ0v) is 14.1. The molecule has 0 aliphatic heterocycles.